The molecule has 1 aliphatic rings. The first-order chi connectivity index (χ1) is 14.1. The highest BCUT2D eigenvalue weighted by Gasteiger charge is 2.18. The minimum absolute atomic E-state index is 0.0981. The number of hydrogen-bond acceptors (Lipinski definition) is 4. The standard InChI is InChI=1S/C22H25N5OS/c1-15-6-7-16(2)26(15)19-8-11-29-22(19)18-13-20-23-17(12-21(28)27(20)24-18)14-25-9-4-3-5-10-25/h6-8,11-13,28H,3-5,9-10,14H2,1-2H3. The van der Waals surface area contributed by atoms with Crippen molar-refractivity contribution in [1.29, 1.82) is 0 Å². The fraction of sp³-hybridized carbons (Fsp3) is 0.364. The Balaban J connectivity index is 1.53. The van der Waals surface area contributed by atoms with Gasteiger partial charge in [-0.15, -0.1) is 11.3 Å². The van der Waals surface area contributed by atoms with Crippen molar-refractivity contribution in [3.8, 4) is 22.1 Å². The Bertz CT molecular complexity index is 1150. The topological polar surface area (TPSA) is 62.6 Å². The molecule has 0 saturated carbocycles. The zero-order valence-corrected chi connectivity index (χ0v) is 17.6. The lowest BCUT2D eigenvalue weighted by molar-refractivity contribution is -0.918. The van der Waals surface area contributed by atoms with Crippen molar-refractivity contribution < 1.29 is 10.0 Å². The first kappa shape index (κ1) is 18.4. The zero-order valence-electron chi connectivity index (χ0n) is 16.8. The van der Waals surface area contributed by atoms with E-state index >= 15 is 0 Å². The van der Waals surface area contributed by atoms with Crippen LogP contribution in [0.15, 0.2) is 35.7 Å². The monoisotopic (exact) mass is 407 g/mol. The molecule has 4 aromatic heterocycles. The summed E-state index contributed by atoms with van der Waals surface area (Å²) < 4.78 is 3.66. The van der Waals surface area contributed by atoms with Crippen LogP contribution in [0.1, 0.15) is 36.3 Å². The molecule has 0 aromatic carbocycles. The summed E-state index contributed by atoms with van der Waals surface area (Å²) >= 11 is 1.64. The molecule has 0 bridgehead atoms. The molecular weight excluding hydrogens is 382 g/mol. The van der Waals surface area contributed by atoms with Crippen LogP contribution in [-0.4, -0.2) is 32.3 Å². The molecule has 0 unspecified atom stereocenters. The molecule has 1 N–H and O–H groups in total. The molecule has 0 spiro atoms. The van der Waals surface area contributed by atoms with Gasteiger partial charge in [-0.3, -0.25) is 0 Å². The number of rotatable bonds is 4. The molecule has 0 amide bonds. The minimum atomic E-state index is -0.0981. The van der Waals surface area contributed by atoms with E-state index in [-0.39, 0.29) is 5.88 Å². The summed E-state index contributed by atoms with van der Waals surface area (Å²) in [5, 5.41) is 19.4. The summed E-state index contributed by atoms with van der Waals surface area (Å²) in [4.78, 5) is 7.34. The van der Waals surface area contributed by atoms with Crippen LogP contribution in [0.2, 0.25) is 0 Å². The van der Waals surface area contributed by atoms with Crippen LogP contribution in [0.4, 0.5) is 0 Å². The van der Waals surface area contributed by atoms with Crippen molar-refractivity contribution in [2.75, 3.05) is 13.1 Å². The van der Waals surface area contributed by atoms with Crippen LogP contribution < -0.4 is 10.0 Å². The molecular formula is C22H25N5OS. The number of piperidine rings is 1. The van der Waals surface area contributed by atoms with Crippen molar-refractivity contribution >= 4 is 17.0 Å². The third-order valence-corrected chi connectivity index (χ3v) is 6.75. The lowest BCUT2D eigenvalue weighted by Gasteiger charge is -2.23. The van der Waals surface area contributed by atoms with Gasteiger partial charge in [0.05, 0.1) is 29.3 Å². The van der Waals surface area contributed by atoms with E-state index in [1.54, 1.807) is 17.4 Å². The number of thiophene rings is 1. The highest BCUT2D eigenvalue weighted by Crippen LogP contribution is 2.34. The van der Waals surface area contributed by atoms with Crippen LogP contribution >= 0.6 is 11.3 Å². The van der Waals surface area contributed by atoms with Gasteiger partial charge >= 0.3 is 0 Å². The van der Waals surface area contributed by atoms with Crippen molar-refractivity contribution in [2.45, 2.75) is 39.7 Å². The first-order valence-corrected chi connectivity index (χ1v) is 11.1. The second-order valence-corrected chi connectivity index (χ2v) is 8.88. The highest BCUT2D eigenvalue weighted by molar-refractivity contribution is 7.14. The van der Waals surface area contributed by atoms with Gasteiger partial charge < -0.3 is 14.6 Å². The maximum atomic E-state index is 12.7. The summed E-state index contributed by atoms with van der Waals surface area (Å²) in [6.07, 6.45) is 3.84. The molecule has 4 aromatic rings. The Morgan fingerprint density at radius 3 is 2.59 bits per heavy atom. The highest BCUT2D eigenvalue weighted by atomic mass is 32.1. The Labute approximate surface area is 174 Å². The van der Waals surface area contributed by atoms with Crippen LogP contribution in [-0.2, 0) is 6.54 Å². The smallest absolute Gasteiger partial charge is 0.155 e. The van der Waals surface area contributed by atoms with Gasteiger partial charge in [0, 0.05) is 17.5 Å². The van der Waals surface area contributed by atoms with Gasteiger partial charge in [0.2, 0.25) is 0 Å². The number of fused-ring (bicyclic) bond motifs is 1. The predicted molar refractivity (Wildman–Crippen MR) is 113 cm³/mol. The summed E-state index contributed by atoms with van der Waals surface area (Å²) in [5.74, 6) is -0.0981. The van der Waals surface area contributed by atoms with Gasteiger partial charge in [-0.05, 0) is 68.6 Å². The summed E-state index contributed by atoms with van der Waals surface area (Å²) in [7, 11) is 0. The van der Waals surface area contributed by atoms with E-state index in [4.69, 9.17) is 4.98 Å². The predicted octanol–water partition coefficient (Wildman–Crippen LogP) is 2.51. The number of aromatic nitrogens is 4. The number of nitrogens with zero attached hydrogens (tertiary/aromatic N) is 4. The van der Waals surface area contributed by atoms with E-state index in [9.17, 15) is 5.11 Å². The number of hydrogen-bond donors (Lipinski definition) is 1. The van der Waals surface area contributed by atoms with E-state index in [1.807, 2.05) is 6.07 Å². The number of likely N-dealkylation sites (tertiary alicyclic amines) is 1. The van der Waals surface area contributed by atoms with Crippen LogP contribution in [0.25, 0.3) is 21.9 Å². The molecule has 6 nitrogen and oxygen atoms in total. The fourth-order valence-corrected chi connectivity index (χ4v) is 5.23. The number of nitrogens with one attached hydrogen (secondary N) is 1. The maximum absolute atomic E-state index is 12.7. The van der Waals surface area contributed by atoms with Gasteiger partial charge in [-0.25, -0.2) is 9.50 Å². The van der Waals surface area contributed by atoms with Gasteiger partial charge in [-0.1, -0.05) is 0 Å². The minimum Gasteiger partial charge on any atom is -0.858 e. The van der Waals surface area contributed by atoms with Crippen LogP contribution in [0.3, 0.4) is 0 Å². The van der Waals surface area contributed by atoms with Gasteiger partial charge in [0.1, 0.15) is 12.2 Å². The Morgan fingerprint density at radius 2 is 1.83 bits per heavy atom. The van der Waals surface area contributed by atoms with E-state index in [2.05, 4.69) is 47.1 Å². The first-order valence-electron chi connectivity index (χ1n) is 10.2. The van der Waals surface area contributed by atoms with Crippen LogP contribution in [0.5, 0.6) is 5.88 Å². The summed E-state index contributed by atoms with van der Waals surface area (Å²) in [5.41, 5.74) is 5.77. The zero-order chi connectivity index (χ0) is 20.0. The van der Waals surface area contributed by atoms with Gasteiger partial charge in [0.15, 0.2) is 5.65 Å². The van der Waals surface area contributed by atoms with Crippen molar-refractivity contribution in [2.24, 2.45) is 0 Å². The largest absolute Gasteiger partial charge is 0.858 e. The lowest BCUT2D eigenvalue weighted by atomic mass is 10.1. The number of aryl methyl sites for hydroxylation is 2. The molecule has 7 heteroatoms. The third-order valence-electron chi connectivity index (χ3n) is 5.83. The molecule has 0 radical (unpaired) electrons. The lowest BCUT2D eigenvalue weighted by Crippen LogP contribution is -3.11. The van der Waals surface area contributed by atoms with Crippen molar-refractivity contribution in [1.82, 2.24) is 19.2 Å². The maximum Gasteiger partial charge on any atom is 0.155 e. The Kier molecular flexibility index (Phi) is 4.64. The Morgan fingerprint density at radius 1 is 1.07 bits per heavy atom. The summed E-state index contributed by atoms with van der Waals surface area (Å²) in [6, 6.07) is 9.95. The van der Waals surface area contributed by atoms with Gasteiger partial charge in [-0.2, -0.15) is 5.10 Å². The SMILES string of the molecule is Cc1ccc(C)n1-c1ccsc1-c1cc2nc(C[NH+]3CCCCC3)cc([O-])n2n1. The fourth-order valence-electron chi connectivity index (χ4n) is 4.40. The molecule has 29 heavy (non-hydrogen) atoms. The van der Waals surface area contributed by atoms with E-state index < -0.39 is 0 Å². The quantitative estimate of drug-likeness (QED) is 0.565. The molecule has 0 atom stereocenters. The average molecular weight is 408 g/mol. The molecule has 0 aliphatic carbocycles. The molecule has 5 heterocycles. The second kappa shape index (κ2) is 7.31. The second-order valence-electron chi connectivity index (χ2n) is 7.96. The van der Waals surface area contributed by atoms with E-state index in [0.29, 0.717) is 5.65 Å². The normalized spacial score (nSPS) is 15.4. The van der Waals surface area contributed by atoms with Crippen molar-refractivity contribution in [3.63, 3.8) is 0 Å². The van der Waals surface area contributed by atoms with Crippen molar-refractivity contribution in [3.05, 3.63) is 52.8 Å². The van der Waals surface area contributed by atoms with Crippen LogP contribution in [0, 0.1) is 13.8 Å². The molecule has 1 saturated heterocycles. The third kappa shape index (κ3) is 3.34. The van der Waals surface area contributed by atoms with E-state index in [1.165, 1.54) is 53.2 Å². The molecule has 1 fully saturated rings. The Hall–Kier alpha value is -2.64. The van der Waals surface area contributed by atoms with Gasteiger partial charge in [0.25, 0.3) is 0 Å². The molecule has 1 aliphatic heterocycles. The molecule has 150 valence electrons. The average Bonchev–Trinajstić information content (AvgIpc) is 3.41. The summed E-state index contributed by atoms with van der Waals surface area (Å²) in [6.45, 7) is 7.35. The number of quaternary nitrogens is 1. The molecule has 5 rings (SSSR count). The van der Waals surface area contributed by atoms with E-state index in [0.717, 1.165) is 28.5 Å².